The SMILES string of the molecule is CCC(=O)OC(C)Oc1ccc(Cn2ncn(-c3ccc(Br)cc3)c2=O)cc1. The Morgan fingerprint density at radius 2 is 1.82 bits per heavy atom. The second-order valence-corrected chi connectivity index (χ2v) is 7.01. The van der Waals surface area contributed by atoms with E-state index in [0.29, 0.717) is 18.7 Å². The minimum absolute atomic E-state index is 0.220. The van der Waals surface area contributed by atoms with E-state index >= 15 is 0 Å². The average molecular weight is 446 g/mol. The quantitative estimate of drug-likeness (QED) is 0.410. The lowest BCUT2D eigenvalue weighted by Crippen LogP contribution is -2.24. The van der Waals surface area contributed by atoms with Crippen LogP contribution in [0.25, 0.3) is 5.69 Å². The molecule has 146 valence electrons. The Morgan fingerprint density at radius 3 is 2.46 bits per heavy atom. The fourth-order valence-corrected chi connectivity index (χ4v) is 2.82. The molecule has 0 aliphatic carbocycles. The average Bonchev–Trinajstić information content (AvgIpc) is 3.04. The molecular formula is C20H20BrN3O4. The first-order chi connectivity index (χ1) is 13.5. The van der Waals surface area contributed by atoms with Crippen LogP contribution in [0.5, 0.6) is 5.75 Å². The van der Waals surface area contributed by atoms with Crippen molar-refractivity contribution in [1.82, 2.24) is 14.3 Å². The Kier molecular flexibility index (Phi) is 6.30. The number of carbonyl (C=O) groups is 1. The van der Waals surface area contributed by atoms with Gasteiger partial charge in [0.05, 0.1) is 12.2 Å². The number of esters is 1. The number of benzene rings is 2. The van der Waals surface area contributed by atoms with Gasteiger partial charge in [0.25, 0.3) is 0 Å². The summed E-state index contributed by atoms with van der Waals surface area (Å²) >= 11 is 3.38. The summed E-state index contributed by atoms with van der Waals surface area (Å²) in [5, 5.41) is 4.19. The van der Waals surface area contributed by atoms with E-state index in [9.17, 15) is 9.59 Å². The molecule has 7 nitrogen and oxygen atoms in total. The van der Waals surface area contributed by atoms with Crippen molar-refractivity contribution in [2.75, 3.05) is 0 Å². The highest BCUT2D eigenvalue weighted by molar-refractivity contribution is 9.10. The van der Waals surface area contributed by atoms with Crippen LogP contribution in [-0.2, 0) is 16.1 Å². The largest absolute Gasteiger partial charge is 0.455 e. The van der Waals surface area contributed by atoms with Gasteiger partial charge in [0, 0.05) is 17.8 Å². The van der Waals surface area contributed by atoms with Crippen molar-refractivity contribution in [3.8, 4) is 11.4 Å². The Hall–Kier alpha value is -2.87. The van der Waals surface area contributed by atoms with E-state index in [0.717, 1.165) is 15.7 Å². The number of hydrogen-bond donors (Lipinski definition) is 0. The van der Waals surface area contributed by atoms with E-state index in [1.165, 1.54) is 15.6 Å². The molecule has 1 atom stereocenters. The van der Waals surface area contributed by atoms with Gasteiger partial charge in [-0.15, -0.1) is 0 Å². The van der Waals surface area contributed by atoms with Gasteiger partial charge in [0.2, 0.25) is 6.29 Å². The van der Waals surface area contributed by atoms with Crippen molar-refractivity contribution in [1.29, 1.82) is 0 Å². The molecule has 0 spiro atoms. The number of rotatable bonds is 7. The molecular weight excluding hydrogens is 426 g/mol. The molecule has 0 aliphatic rings. The van der Waals surface area contributed by atoms with Crippen molar-refractivity contribution in [3.63, 3.8) is 0 Å². The van der Waals surface area contributed by atoms with E-state index in [1.54, 1.807) is 26.0 Å². The van der Waals surface area contributed by atoms with Crippen molar-refractivity contribution >= 4 is 21.9 Å². The monoisotopic (exact) mass is 445 g/mol. The van der Waals surface area contributed by atoms with Crippen molar-refractivity contribution in [2.24, 2.45) is 0 Å². The van der Waals surface area contributed by atoms with Gasteiger partial charge in [-0.3, -0.25) is 4.79 Å². The third-order valence-electron chi connectivity index (χ3n) is 3.98. The molecule has 0 fully saturated rings. The molecule has 1 heterocycles. The Labute approximate surface area is 170 Å². The molecule has 2 aromatic carbocycles. The van der Waals surface area contributed by atoms with Crippen LogP contribution in [0.15, 0.2) is 64.1 Å². The fourth-order valence-electron chi connectivity index (χ4n) is 2.55. The zero-order chi connectivity index (χ0) is 20.1. The van der Waals surface area contributed by atoms with Gasteiger partial charge in [0.1, 0.15) is 12.1 Å². The molecule has 0 aliphatic heterocycles. The number of carbonyl (C=O) groups excluding carboxylic acids is 1. The van der Waals surface area contributed by atoms with E-state index in [2.05, 4.69) is 21.0 Å². The molecule has 3 rings (SSSR count). The zero-order valence-corrected chi connectivity index (χ0v) is 17.1. The van der Waals surface area contributed by atoms with E-state index < -0.39 is 6.29 Å². The number of nitrogens with zero attached hydrogens (tertiary/aromatic N) is 3. The summed E-state index contributed by atoms with van der Waals surface area (Å²) in [5.74, 6) is 0.262. The second kappa shape index (κ2) is 8.88. The van der Waals surface area contributed by atoms with Crippen LogP contribution in [0.4, 0.5) is 0 Å². The summed E-state index contributed by atoms with van der Waals surface area (Å²) in [6.07, 6.45) is 1.14. The summed E-state index contributed by atoms with van der Waals surface area (Å²) < 4.78 is 14.5. The molecule has 0 saturated heterocycles. The Bertz CT molecular complexity index is 994. The first kappa shape index (κ1) is 19.9. The first-order valence-corrected chi connectivity index (χ1v) is 9.61. The number of ether oxygens (including phenoxy) is 2. The molecule has 0 N–H and O–H groups in total. The van der Waals surface area contributed by atoms with Gasteiger partial charge in [-0.2, -0.15) is 5.10 Å². The van der Waals surface area contributed by atoms with Crippen molar-refractivity contribution in [3.05, 3.63) is 75.4 Å². The van der Waals surface area contributed by atoms with Crippen LogP contribution >= 0.6 is 15.9 Å². The third kappa shape index (κ3) is 4.89. The van der Waals surface area contributed by atoms with Gasteiger partial charge in [-0.05, 0) is 42.0 Å². The highest BCUT2D eigenvalue weighted by Gasteiger charge is 2.10. The Balaban J connectivity index is 1.67. The van der Waals surface area contributed by atoms with Gasteiger partial charge < -0.3 is 9.47 Å². The Morgan fingerprint density at radius 1 is 1.14 bits per heavy atom. The maximum absolute atomic E-state index is 12.6. The van der Waals surface area contributed by atoms with E-state index in [4.69, 9.17) is 9.47 Å². The van der Waals surface area contributed by atoms with E-state index in [-0.39, 0.29) is 11.7 Å². The summed E-state index contributed by atoms with van der Waals surface area (Å²) in [7, 11) is 0. The normalized spacial score (nSPS) is 11.8. The van der Waals surface area contributed by atoms with Gasteiger partial charge in [0.15, 0.2) is 0 Å². The van der Waals surface area contributed by atoms with Crippen LogP contribution < -0.4 is 10.4 Å². The van der Waals surface area contributed by atoms with Gasteiger partial charge in [-0.1, -0.05) is 35.0 Å². The van der Waals surface area contributed by atoms with Crippen LogP contribution in [-0.4, -0.2) is 26.6 Å². The maximum atomic E-state index is 12.6. The van der Waals surface area contributed by atoms with E-state index in [1.807, 2.05) is 36.4 Å². The van der Waals surface area contributed by atoms with Crippen LogP contribution in [0.2, 0.25) is 0 Å². The number of hydrogen-bond acceptors (Lipinski definition) is 5. The van der Waals surface area contributed by atoms with Crippen LogP contribution in [0.3, 0.4) is 0 Å². The standard InChI is InChI=1S/C20H20BrN3O4/c1-3-19(25)28-14(2)27-18-10-4-15(5-11-18)12-24-20(26)23(13-22-24)17-8-6-16(21)7-9-17/h4-11,13-14H,3,12H2,1-2H3. The lowest BCUT2D eigenvalue weighted by molar-refractivity contribution is -0.160. The molecule has 1 unspecified atom stereocenters. The smallest absolute Gasteiger partial charge is 0.350 e. The van der Waals surface area contributed by atoms with Gasteiger partial charge in [-0.25, -0.2) is 14.0 Å². The maximum Gasteiger partial charge on any atom is 0.350 e. The number of halogens is 1. The summed E-state index contributed by atoms with van der Waals surface area (Å²) in [5.41, 5.74) is 1.43. The molecule has 1 aromatic heterocycles. The molecule has 0 radical (unpaired) electrons. The minimum Gasteiger partial charge on any atom is -0.455 e. The summed E-state index contributed by atoms with van der Waals surface area (Å²) in [6.45, 7) is 3.72. The molecule has 0 amide bonds. The first-order valence-electron chi connectivity index (χ1n) is 8.81. The highest BCUT2D eigenvalue weighted by Crippen LogP contribution is 2.15. The van der Waals surface area contributed by atoms with Crippen LogP contribution in [0.1, 0.15) is 25.8 Å². The molecule has 8 heteroatoms. The summed E-state index contributed by atoms with van der Waals surface area (Å²) in [6, 6.07) is 14.6. The molecule has 28 heavy (non-hydrogen) atoms. The topological polar surface area (TPSA) is 75.3 Å². The van der Waals surface area contributed by atoms with Crippen LogP contribution in [0, 0.1) is 0 Å². The zero-order valence-electron chi connectivity index (χ0n) is 15.5. The lowest BCUT2D eigenvalue weighted by Gasteiger charge is -2.15. The molecule has 0 saturated carbocycles. The second-order valence-electron chi connectivity index (χ2n) is 6.09. The lowest BCUT2D eigenvalue weighted by atomic mass is 10.2. The third-order valence-corrected chi connectivity index (χ3v) is 4.51. The van der Waals surface area contributed by atoms with Crippen molar-refractivity contribution in [2.45, 2.75) is 33.1 Å². The van der Waals surface area contributed by atoms with Gasteiger partial charge >= 0.3 is 11.7 Å². The highest BCUT2D eigenvalue weighted by atomic mass is 79.9. The minimum atomic E-state index is -0.664. The summed E-state index contributed by atoms with van der Waals surface area (Å²) in [4.78, 5) is 23.9. The van der Waals surface area contributed by atoms with Crippen molar-refractivity contribution < 1.29 is 14.3 Å². The number of aromatic nitrogens is 3. The predicted octanol–water partition coefficient (Wildman–Crippen LogP) is 3.52. The fraction of sp³-hybridized carbons (Fsp3) is 0.250. The molecule has 3 aromatic rings. The molecule has 0 bridgehead atoms. The predicted molar refractivity (Wildman–Crippen MR) is 108 cm³/mol.